The Morgan fingerprint density at radius 2 is 2.29 bits per heavy atom. The van der Waals surface area contributed by atoms with Gasteiger partial charge in [0.15, 0.2) is 5.16 Å². The van der Waals surface area contributed by atoms with E-state index in [4.69, 9.17) is 0 Å². The van der Waals surface area contributed by atoms with Crippen molar-refractivity contribution in [1.82, 2.24) is 19.8 Å². The van der Waals surface area contributed by atoms with Gasteiger partial charge in [0.1, 0.15) is 0 Å². The molecule has 1 aromatic heterocycles. The number of likely N-dealkylation sites (N-methyl/N-ethyl adjacent to an activating group) is 1. The van der Waals surface area contributed by atoms with Crippen molar-refractivity contribution in [2.45, 2.75) is 29.8 Å². The van der Waals surface area contributed by atoms with Gasteiger partial charge in [0.25, 0.3) is 5.91 Å². The van der Waals surface area contributed by atoms with Crippen molar-refractivity contribution in [3.63, 3.8) is 0 Å². The Labute approximate surface area is 147 Å². The van der Waals surface area contributed by atoms with Gasteiger partial charge in [-0.15, -0.1) is 0 Å². The van der Waals surface area contributed by atoms with Crippen LogP contribution in [0.25, 0.3) is 0 Å². The molecule has 0 unspecified atom stereocenters. The lowest BCUT2D eigenvalue weighted by Crippen LogP contribution is -2.46. The first-order valence-corrected chi connectivity index (χ1v) is 9.29. The normalized spacial score (nSPS) is 18.5. The molecule has 128 valence electrons. The molecule has 1 fully saturated rings. The van der Waals surface area contributed by atoms with Crippen molar-refractivity contribution in [2.75, 3.05) is 20.1 Å². The van der Waals surface area contributed by atoms with Gasteiger partial charge in [-0.2, -0.15) is 0 Å². The number of imidazole rings is 1. The van der Waals surface area contributed by atoms with E-state index in [9.17, 15) is 4.79 Å². The molecule has 0 bridgehead atoms. The lowest BCUT2D eigenvalue weighted by atomic mass is 10.1. The van der Waals surface area contributed by atoms with Crippen molar-refractivity contribution in [3.05, 3.63) is 47.8 Å². The Hall–Kier alpha value is -1.79. The van der Waals surface area contributed by atoms with Gasteiger partial charge in [0.2, 0.25) is 0 Å². The van der Waals surface area contributed by atoms with Gasteiger partial charge >= 0.3 is 0 Å². The minimum atomic E-state index is 0.0270. The van der Waals surface area contributed by atoms with Crippen LogP contribution in [-0.4, -0.2) is 46.5 Å². The third-order valence-electron chi connectivity index (χ3n) is 4.29. The maximum Gasteiger partial charge on any atom is 0.251 e. The number of thioether (sulfide) groups is 1. The summed E-state index contributed by atoms with van der Waals surface area (Å²) in [5.74, 6) is 0.831. The SMILES string of the molecule is CN1CCC[C@H](NC(=O)c2cccc(CSc3nccn3C)c2)C1. The molecule has 1 atom stereocenters. The summed E-state index contributed by atoms with van der Waals surface area (Å²) >= 11 is 1.68. The van der Waals surface area contributed by atoms with E-state index in [0.29, 0.717) is 0 Å². The Morgan fingerprint density at radius 1 is 1.42 bits per heavy atom. The number of carbonyl (C=O) groups is 1. The van der Waals surface area contributed by atoms with Crippen LogP contribution in [0.2, 0.25) is 0 Å². The minimum Gasteiger partial charge on any atom is -0.348 e. The van der Waals surface area contributed by atoms with Crippen LogP contribution in [0.15, 0.2) is 41.8 Å². The molecule has 1 aliphatic heterocycles. The van der Waals surface area contributed by atoms with Crippen LogP contribution in [0, 0.1) is 0 Å². The van der Waals surface area contributed by atoms with Crippen LogP contribution in [-0.2, 0) is 12.8 Å². The number of benzene rings is 1. The van der Waals surface area contributed by atoms with Crippen LogP contribution in [0.5, 0.6) is 0 Å². The Morgan fingerprint density at radius 3 is 3.04 bits per heavy atom. The highest BCUT2D eigenvalue weighted by atomic mass is 32.2. The topological polar surface area (TPSA) is 50.2 Å². The van der Waals surface area contributed by atoms with Gasteiger partial charge in [-0.3, -0.25) is 4.79 Å². The van der Waals surface area contributed by atoms with Gasteiger partial charge in [0, 0.05) is 43.3 Å². The monoisotopic (exact) mass is 344 g/mol. The number of amides is 1. The number of nitrogens with zero attached hydrogens (tertiary/aromatic N) is 3. The van der Waals surface area contributed by atoms with Crippen molar-refractivity contribution < 1.29 is 4.79 Å². The smallest absolute Gasteiger partial charge is 0.251 e. The molecule has 0 radical (unpaired) electrons. The molecular formula is C18H24N4OS. The molecule has 6 heteroatoms. The molecule has 2 aromatic rings. The van der Waals surface area contributed by atoms with E-state index in [1.54, 1.807) is 18.0 Å². The minimum absolute atomic E-state index is 0.0270. The fraction of sp³-hybridized carbons (Fsp3) is 0.444. The summed E-state index contributed by atoms with van der Waals surface area (Å²) < 4.78 is 2.00. The quantitative estimate of drug-likeness (QED) is 0.847. The third kappa shape index (κ3) is 4.39. The van der Waals surface area contributed by atoms with Crippen molar-refractivity contribution >= 4 is 17.7 Å². The molecule has 0 aliphatic carbocycles. The summed E-state index contributed by atoms with van der Waals surface area (Å²) in [6.45, 7) is 2.05. The molecule has 3 rings (SSSR count). The second kappa shape index (κ2) is 7.85. The third-order valence-corrected chi connectivity index (χ3v) is 5.42. The zero-order valence-corrected chi connectivity index (χ0v) is 15.1. The number of rotatable bonds is 5. The second-order valence-corrected chi connectivity index (χ2v) is 7.33. The van der Waals surface area contributed by atoms with Crippen molar-refractivity contribution in [3.8, 4) is 0 Å². The van der Waals surface area contributed by atoms with Gasteiger partial charge in [-0.05, 0) is 44.1 Å². The number of aryl methyl sites for hydroxylation is 1. The highest BCUT2D eigenvalue weighted by molar-refractivity contribution is 7.98. The zero-order chi connectivity index (χ0) is 16.9. The molecule has 0 saturated carbocycles. The Kier molecular flexibility index (Phi) is 5.58. The lowest BCUT2D eigenvalue weighted by molar-refractivity contribution is 0.0912. The van der Waals surface area contributed by atoms with Crippen LogP contribution in [0.1, 0.15) is 28.8 Å². The fourth-order valence-electron chi connectivity index (χ4n) is 2.99. The summed E-state index contributed by atoms with van der Waals surface area (Å²) in [7, 11) is 4.09. The van der Waals surface area contributed by atoms with Gasteiger partial charge in [-0.1, -0.05) is 23.9 Å². The summed E-state index contributed by atoms with van der Waals surface area (Å²) in [5.41, 5.74) is 1.87. The molecule has 1 aliphatic rings. The molecule has 1 N–H and O–H groups in total. The molecule has 2 heterocycles. The largest absolute Gasteiger partial charge is 0.348 e. The van der Waals surface area contributed by atoms with Gasteiger partial charge in [-0.25, -0.2) is 4.98 Å². The number of hydrogen-bond acceptors (Lipinski definition) is 4. The Bertz CT molecular complexity index is 700. The molecular weight excluding hydrogens is 320 g/mol. The molecule has 24 heavy (non-hydrogen) atoms. The van der Waals surface area contributed by atoms with E-state index in [-0.39, 0.29) is 11.9 Å². The van der Waals surface area contributed by atoms with E-state index >= 15 is 0 Å². The van der Waals surface area contributed by atoms with E-state index in [0.717, 1.165) is 48.0 Å². The fourth-order valence-corrected chi connectivity index (χ4v) is 3.87. The number of aromatic nitrogens is 2. The van der Waals surface area contributed by atoms with E-state index in [2.05, 4.69) is 28.3 Å². The van der Waals surface area contributed by atoms with Gasteiger partial charge < -0.3 is 14.8 Å². The van der Waals surface area contributed by atoms with Gasteiger partial charge in [0.05, 0.1) is 0 Å². The van der Waals surface area contributed by atoms with Crippen molar-refractivity contribution in [2.24, 2.45) is 7.05 Å². The second-order valence-electron chi connectivity index (χ2n) is 6.38. The maximum absolute atomic E-state index is 12.5. The standard InChI is InChI=1S/C18H24N4OS/c1-21-9-4-7-16(12-21)20-17(23)15-6-3-5-14(11-15)13-24-18-19-8-10-22(18)2/h3,5-6,8,10-11,16H,4,7,9,12-13H2,1-2H3,(H,20,23)/t16-/m0/s1. The predicted octanol–water partition coefficient (Wildman–Crippen LogP) is 2.54. The van der Waals surface area contributed by atoms with Crippen LogP contribution in [0.4, 0.5) is 0 Å². The molecule has 1 aromatic carbocycles. The Balaban J connectivity index is 1.59. The number of piperidine rings is 1. The van der Waals surface area contributed by atoms with E-state index in [1.807, 2.05) is 36.0 Å². The molecule has 1 saturated heterocycles. The summed E-state index contributed by atoms with van der Waals surface area (Å²) in [6, 6.07) is 8.13. The van der Waals surface area contributed by atoms with E-state index in [1.165, 1.54) is 0 Å². The highest BCUT2D eigenvalue weighted by Gasteiger charge is 2.19. The van der Waals surface area contributed by atoms with Crippen molar-refractivity contribution in [1.29, 1.82) is 0 Å². The molecule has 1 amide bonds. The average molecular weight is 344 g/mol. The first-order chi connectivity index (χ1) is 11.6. The summed E-state index contributed by atoms with van der Waals surface area (Å²) in [6.07, 6.45) is 5.94. The number of hydrogen-bond donors (Lipinski definition) is 1. The first-order valence-electron chi connectivity index (χ1n) is 8.30. The van der Waals surface area contributed by atoms with Crippen LogP contribution in [0.3, 0.4) is 0 Å². The summed E-state index contributed by atoms with van der Waals surface area (Å²) in [5, 5.41) is 4.15. The van der Waals surface area contributed by atoms with Crippen LogP contribution >= 0.6 is 11.8 Å². The predicted molar refractivity (Wildman–Crippen MR) is 97.2 cm³/mol. The number of carbonyl (C=O) groups excluding carboxylic acids is 1. The number of likely N-dealkylation sites (tertiary alicyclic amines) is 1. The average Bonchev–Trinajstić information content (AvgIpc) is 2.98. The maximum atomic E-state index is 12.5. The molecule has 0 spiro atoms. The molecule has 5 nitrogen and oxygen atoms in total. The zero-order valence-electron chi connectivity index (χ0n) is 14.2. The van der Waals surface area contributed by atoms with Crippen LogP contribution < -0.4 is 5.32 Å². The highest BCUT2D eigenvalue weighted by Crippen LogP contribution is 2.21. The first kappa shape index (κ1) is 17.0. The lowest BCUT2D eigenvalue weighted by Gasteiger charge is -2.30. The summed E-state index contributed by atoms with van der Waals surface area (Å²) in [4.78, 5) is 19.1. The van der Waals surface area contributed by atoms with E-state index < -0.39 is 0 Å². The number of nitrogens with one attached hydrogen (secondary N) is 1.